The summed E-state index contributed by atoms with van der Waals surface area (Å²) in [6.45, 7) is 4.68. The average molecular weight is 371 g/mol. The van der Waals surface area contributed by atoms with Gasteiger partial charge in [0, 0.05) is 5.69 Å². The Morgan fingerprint density at radius 2 is 1.88 bits per heavy atom. The van der Waals surface area contributed by atoms with E-state index < -0.39 is 17.6 Å². The molecule has 1 aromatic carbocycles. The third-order valence-corrected chi connectivity index (χ3v) is 5.34. The van der Waals surface area contributed by atoms with Crippen LogP contribution in [0, 0.1) is 13.8 Å². The Bertz CT molecular complexity index is 1070. The lowest BCUT2D eigenvalue weighted by molar-refractivity contribution is -0.140. The molecule has 0 aliphatic carbocycles. The molecule has 0 fully saturated rings. The number of benzene rings is 1. The van der Waals surface area contributed by atoms with Gasteiger partial charge in [0.15, 0.2) is 0 Å². The summed E-state index contributed by atoms with van der Waals surface area (Å²) >= 11 is 1.12. The minimum atomic E-state index is -1.12. The Hall–Kier alpha value is -3.00. The highest BCUT2D eigenvalue weighted by molar-refractivity contribution is 7.20. The topological polar surface area (TPSA) is 101 Å². The van der Waals surface area contributed by atoms with Crippen molar-refractivity contribution in [3.63, 3.8) is 0 Å². The fraction of sp³-hybridized carbons (Fsp3) is 0.222. The van der Waals surface area contributed by atoms with Crippen LogP contribution in [0.25, 0.3) is 10.2 Å². The number of nitrogens with one attached hydrogen (secondary N) is 1. The number of aryl methyl sites for hydroxylation is 2. The predicted octanol–water partition coefficient (Wildman–Crippen LogP) is 2.97. The number of para-hydroxylation sites is 1. The Morgan fingerprint density at radius 1 is 1.23 bits per heavy atom. The van der Waals surface area contributed by atoms with Crippen molar-refractivity contribution in [3.8, 4) is 0 Å². The highest BCUT2D eigenvalue weighted by Crippen LogP contribution is 2.28. The molecule has 134 valence electrons. The molecule has 8 heteroatoms. The Kier molecular flexibility index (Phi) is 4.60. The molecule has 2 heterocycles. The minimum Gasteiger partial charge on any atom is -0.480 e. The summed E-state index contributed by atoms with van der Waals surface area (Å²) in [6, 6.07) is 7.96. The number of hydrogen-bond acceptors (Lipinski definition) is 5. The van der Waals surface area contributed by atoms with Gasteiger partial charge in [-0.05, 0) is 38.5 Å². The van der Waals surface area contributed by atoms with Gasteiger partial charge in [0.2, 0.25) is 0 Å². The molecule has 0 saturated heterocycles. The van der Waals surface area contributed by atoms with E-state index in [1.54, 1.807) is 26.0 Å². The normalized spacial score (nSPS) is 12.1. The first kappa shape index (κ1) is 17.8. The van der Waals surface area contributed by atoms with Crippen molar-refractivity contribution < 1.29 is 14.7 Å². The molecule has 0 radical (unpaired) electrons. The molecule has 1 amide bonds. The number of fused-ring (bicyclic) bond motifs is 1. The number of carboxylic acids is 1. The van der Waals surface area contributed by atoms with Gasteiger partial charge < -0.3 is 10.4 Å². The molecule has 7 nitrogen and oxygen atoms in total. The van der Waals surface area contributed by atoms with E-state index in [1.165, 1.54) is 6.92 Å². The van der Waals surface area contributed by atoms with Gasteiger partial charge in [-0.25, -0.2) is 9.78 Å². The lowest BCUT2D eigenvalue weighted by Gasteiger charge is -2.13. The molecule has 0 aliphatic heterocycles. The van der Waals surface area contributed by atoms with Gasteiger partial charge in [-0.15, -0.1) is 11.3 Å². The summed E-state index contributed by atoms with van der Waals surface area (Å²) < 4.78 is 1.14. The Labute approximate surface area is 152 Å². The second kappa shape index (κ2) is 6.72. The first-order valence-electron chi connectivity index (χ1n) is 7.92. The first-order valence-corrected chi connectivity index (χ1v) is 8.74. The number of aromatic nitrogens is 2. The minimum absolute atomic E-state index is 0.284. The van der Waals surface area contributed by atoms with Gasteiger partial charge in [0.25, 0.3) is 11.5 Å². The molecule has 1 atom stereocenters. The number of rotatable bonds is 4. The molecule has 2 N–H and O–H groups in total. The van der Waals surface area contributed by atoms with E-state index in [0.29, 0.717) is 26.8 Å². The number of anilines is 1. The predicted molar refractivity (Wildman–Crippen MR) is 100 cm³/mol. The maximum absolute atomic E-state index is 12.8. The first-order chi connectivity index (χ1) is 12.3. The number of carbonyl (C=O) groups is 2. The van der Waals surface area contributed by atoms with E-state index in [4.69, 9.17) is 0 Å². The fourth-order valence-corrected chi connectivity index (χ4v) is 3.90. The standard InChI is InChI=1S/C18H17N3O4S/c1-9-13-16(19-11(3)21(17(13)23)10(2)18(24)25)26-14(9)15(22)20-12-7-5-4-6-8-12/h4-8,10H,1-3H3,(H,20,22)(H,24,25). The van der Waals surface area contributed by atoms with E-state index in [1.807, 2.05) is 18.2 Å². The number of carboxylic acid groups (broad SMARTS) is 1. The zero-order valence-corrected chi connectivity index (χ0v) is 15.3. The van der Waals surface area contributed by atoms with Crippen LogP contribution in [0.5, 0.6) is 0 Å². The average Bonchev–Trinajstić information content (AvgIpc) is 2.92. The van der Waals surface area contributed by atoms with Crippen LogP contribution in [0.2, 0.25) is 0 Å². The van der Waals surface area contributed by atoms with Gasteiger partial charge in [0.05, 0.1) is 10.3 Å². The van der Waals surface area contributed by atoms with Gasteiger partial charge >= 0.3 is 5.97 Å². The van der Waals surface area contributed by atoms with Gasteiger partial charge in [-0.2, -0.15) is 0 Å². The molecular weight excluding hydrogens is 354 g/mol. The van der Waals surface area contributed by atoms with E-state index in [9.17, 15) is 19.5 Å². The molecule has 26 heavy (non-hydrogen) atoms. The number of amides is 1. The van der Waals surface area contributed by atoms with Crippen LogP contribution in [0.3, 0.4) is 0 Å². The van der Waals surface area contributed by atoms with Crippen molar-refractivity contribution in [3.05, 3.63) is 57.0 Å². The monoisotopic (exact) mass is 371 g/mol. The summed E-state index contributed by atoms with van der Waals surface area (Å²) in [6.07, 6.45) is 0. The number of hydrogen-bond donors (Lipinski definition) is 2. The molecule has 0 spiro atoms. The number of aliphatic carboxylic acids is 1. The van der Waals surface area contributed by atoms with Gasteiger partial charge in [0.1, 0.15) is 16.7 Å². The number of carbonyl (C=O) groups excluding carboxylic acids is 1. The van der Waals surface area contributed by atoms with Crippen molar-refractivity contribution in [2.45, 2.75) is 26.8 Å². The lowest BCUT2D eigenvalue weighted by atomic mass is 10.2. The van der Waals surface area contributed by atoms with Crippen LogP contribution < -0.4 is 10.9 Å². The van der Waals surface area contributed by atoms with E-state index >= 15 is 0 Å². The molecular formula is C18H17N3O4S. The zero-order valence-electron chi connectivity index (χ0n) is 14.4. The second-order valence-electron chi connectivity index (χ2n) is 5.90. The second-order valence-corrected chi connectivity index (χ2v) is 6.90. The molecule has 3 rings (SSSR count). The molecule has 2 aromatic heterocycles. The number of thiophene rings is 1. The van der Waals surface area contributed by atoms with Crippen molar-refractivity contribution >= 4 is 39.1 Å². The highest BCUT2D eigenvalue weighted by atomic mass is 32.1. The largest absolute Gasteiger partial charge is 0.480 e. The quantitative estimate of drug-likeness (QED) is 0.734. The van der Waals surface area contributed by atoms with E-state index in [-0.39, 0.29) is 11.3 Å². The van der Waals surface area contributed by atoms with Gasteiger partial charge in [-0.3, -0.25) is 14.2 Å². The maximum atomic E-state index is 12.8. The number of nitrogens with zero attached hydrogens (tertiary/aromatic N) is 2. The third-order valence-electron chi connectivity index (χ3n) is 4.16. The Balaban J connectivity index is 2.11. The summed E-state index contributed by atoms with van der Waals surface area (Å²) in [7, 11) is 0. The van der Waals surface area contributed by atoms with Crippen molar-refractivity contribution in [1.82, 2.24) is 9.55 Å². The van der Waals surface area contributed by atoms with Gasteiger partial charge in [-0.1, -0.05) is 18.2 Å². The van der Waals surface area contributed by atoms with Crippen LogP contribution in [-0.4, -0.2) is 26.5 Å². The molecule has 3 aromatic rings. The fourth-order valence-electron chi connectivity index (χ4n) is 2.79. The summed E-state index contributed by atoms with van der Waals surface area (Å²) in [4.78, 5) is 41.9. The molecule has 0 aliphatic rings. The highest BCUT2D eigenvalue weighted by Gasteiger charge is 2.24. The maximum Gasteiger partial charge on any atom is 0.326 e. The van der Waals surface area contributed by atoms with E-state index in [0.717, 1.165) is 15.9 Å². The molecule has 0 bridgehead atoms. The zero-order chi connectivity index (χ0) is 19.0. The van der Waals surface area contributed by atoms with Crippen molar-refractivity contribution in [2.24, 2.45) is 0 Å². The summed E-state index contributed by atoms with van der Waals surface area (Å²) in [5, 5.41) is 12.3. The lowest BCUT2D eigenvalue weighted by Crippen LogP contribution is -2.30. The smallest absolute Gasteiger partial charge is 0.326 e. The molecule has 1 unspecified atom stereocenters. The van der Waals surface area contributed by atoms with Crippen LogP contribution in [0.1, 0.15) is 34.0 Å². The van der Waals surface area contributed by atoms with Crippen LogP contribution >= 0.6 is 11.3 Å². The van der Waals surface area contributed by atoms with Crippen molar-refractivity contribution in [2.75, 3.05) is 5.32 Å². The van der Waals surface area contributed by atoms with Crippen LogP contribution in [0.4, 0.5) is 5.69 Å². The summed E-state index contributed by atoms with van der Waals surface area (Å²) in [5.41, 5.74) is 0.701. The Morgan fingerprint density at radius 3 is 2.50 bits per heavy atom. The van der Waals surface area contributed by atoms with Crippen LogP contribution in [0.15, 0.2) is 35.1 Å². The van der Waals surface area contributed by atoms with Crippen molar-refractivity contribution in [1.29, 1.82) is 0 Å². The molecule has 0 saturated carbocycles. The van der Waals surface area contributed by atoms with E-state index in [2.05, 4.69) is 10.3 Å². The SMILES string of the molecule is Cc1c(C(=O)Nc2ccccc2)sc2nc(C)n(C(C)C(=O)O)c(=O)c12. The third kappa shape index (κ3) is 2.99. The van der Waals surface area contributed by atoms with Crippen LogP contribution in [-0.2, 0) is 4.79 Å². The summed E-state index contributed by atoms with van der Waals surface area (Å²) in [5.74, 6) is -1.15.